The minimum Gasteiger partial charge on any atom is -0.487 e. The average molecular weight is 396 g/mol. The van der Waals surface area contributed by atoms with Crippen molar-refractivity contribution >= 4 is 28.4 Å². The highest BCUT2D eigenvalue weighted by Gasteiger charge is 2.25. The Hall–Kier alpha value is -2.79. The van der Waals surface area contributed by atoms with Crippen LogP contribution in [0.25, 0.3) is 10.8 Å². The summed E-state index contributed by atoms with van der Waals surface area (Å²) in [7, 11) is 0. The summed E-state index contributed by atoms with van der Waals surface area (Å²) in [6.07, 6.45) is 4.94. The number of hydrogen-bond acceptors (Lipinski definition) is 3. The Morgan fingerprint density at radius 2 is 2.07 bits per heavy atom. The molecule has 1 saturated heterocycles. The number of amides is 2. The molecule has 2 aromatic carbocycles. The fraction of sp³-hybridized carbons (Fsp3) is 0.273. The number of urea groups is 1. The minimum absolute atomic E-state index is 0.0675. The number of likely N-dealkylation sites (tertiary alicyclic amines) is 1. The lowest BCUT2D eigenvalue weighted by molar-refractivity contribution is 0.101. The van der Waals surface area contributed by atoms with E-state index >= 15 is 0 Å². The quantitative estimate of drug-likeness (QED) is 0.700. The summed E-state index contributed by atoms with van der Waals surface area (Å²) in [4.78, 5) is 18.5. The van der Waals surface area contributed by atoms with Gasteiger partial charge in [-0.1, -0.05) is 54.1 Å². The van der Waals surface area contributed by atoms with E-state index < -0.39 is 0 Å². The number of nitrogens with one attached hydrogen (secondary N) is 1. The summed E-state index contributed by atoms with van der Waals surface area (Å²) in [6.45, 7) is 1.77. The van der Waals surface area contributed by atoms with Crippen LogP contribution in [0.3, 0.4) is 0 Å². The van der Waals surface area contributed by atoms with Crippen LogP contribution in [0.1, 0.15) is 18.4 Å². The Bertz CT molecular complexity index is 973. The van der Waals surface area contributed by atoms with E-state index in [2.05, 4.69) is 34.6 Å². The normalized spacial score (nSPS) is 16.8. The van der Waals surface area contributed by atoms with Crippen molar-refractivity contribution in [2.45, 2.75) is 25.5 Å². The number of piperidine rings is 1. The molecule has 5 nitrogen and oxygen atoms in total. The summed E-state index contributed by atoms with van der Waals surface area (Å²) >= 11 is 6.13. The van der Waals surface area contributed by atoms with Crippen LogP contribution >= 0.6 is 11.6 Å². The molecule has 1 N–H and O–H groups in total. The third kappa shape index (κ3) is 4.20. The number of aromatic nitrogens is 1. The summed E-state index contributed by atoms with van der Waals surface area (Å²) < 4.78 is 5.99. The summed E-state index contributed by atoms with van der Waals surface area (Å²) in [6, 6.07) is 16.0. The molecule has 0 bridgehead atoms. The number of carbonyl (C=O) groups excluding carboxylic acids is 1. The van der Waals surface area contributed by atoms with E-state index in [4.69, 9.17) is 16.3 Å². The number of hydrogen-bond donors (Lipinski definition) is 1. The maximum atomic E-state index is 12.7. The number of benzene rings is 2. The molecule has 0 spiro atoms. The first-order valence-electron chi connectivity index (χ1n) is 9.46. The number of rotatable bonds is 4. The van der Waals surface area contributed by atoms with Crippen LogP contribution in [0.15, 0.2) is 60.9 Å². The Labute approximate surface area is 169 Å². The number of halogens is 1. The van der Waals surface area contributed by atoms with Gasteiger partial charge in [-0.15, -0.1) is 0 Å². The maximum absolute atomic E-state index is 12.7. The van der Waals surface area contributed by atoms with E-state index in [0.29, 0.717) is 23.9 Å². The van der Waals surface area contributed by atoms with Gasteiger partial charge in [-0.3, -0.25) is 4.98 Å². The molecule has 28 heavy (non-hydrogen) atoms. The second-order valence-electron chi connectivity index (χ2n) is 6.93. The first-order chi connectivity index (χ1) is 13.7. The molecule has 1 fully saturated rings. The van der Waals surface area contributed by atoms with Crippen molar-refractivity contribution in [3.05, 3.63) is 71.5 Å². The van der Waals surface area contributed by atoms with Crippen molar-refractivity contribution in [3.63, 3.8) is 0 Å². The van der Waals surface area contributed by atoms with Gasteiger partial charge in [0.15, 0.2) is 0 Å². The lowest BCUT2D eigenvalue weighted by Crippen LogP contribution is -2.48. The predicted molar refractivity (Wildman–Crippen MR) is 111 cm³/mol. The van der Waals surface area contributed by atoms with Gasteiger partial charge in [0, 0.05) is 31.5 Å². The highest BCUT2D eigenvalue weighted by Crippen LogP contribution is 2.25. The van der Waals surface area contributed by atoms with E-state index in [1.165, 1.54) is 5.39 Å². The molecular weight excluding hydrogens is 374 g/mol. The largest absolute Gasteiger partial charge is 0.487 e. The average Bonchev–Trinajstić information content (AvgIpc) is 2.74. The molecule has 1 atom stereocenters. The highest BCUT2D eigenvalue weighted by atomic mass is 35.5. The molecule has 1 aliphatic rings. The zero-order chi connectivity index (χ0) is 19.3. The molecule has 4 rings (SSSR count). The molecule has 1 unspecified atom stereocenters. The third-order valence-electron chi connectivity index (χ3n) is 5.00. The van der Waals surface area contributed by atoms with Crippen LogP contribution in [0, 0.1) is 0 Å². The number of ether oxygens (including phenoxy) is 1. The van der Waals surface area contributed by atoms with Gasteiger partial charge in [0.25, 0.3) is 0 Å². The smallest absolute Gasteiger partial charge is 0.317 e. The number of fused-ring (bicyclic) bond motifs is 1. The summed E-state index contributed by atoms with van der Waals surface area (Å²) in [5.74, 6) is 0.611. The molecule has 2 amide bonds. The van der Waals surface area contributed by atoms with Gasteiger partial charge in [0.05, 0.1) is 6.54 Å². The lowest BCUT2D eigenvalue weighted by Gasteiger charge is -2.33. The predicted octanol–water partition coefficient (Wildman–Crippen LogP) is 4.64. The van der Waals surface area contributed by atoms with Gasteiger partial charge in [0.2, 0.25) is 0 Å². The molecule has 1 aliphatic heterocycles. The van der Waals surface area contributed by atoms with E-state index in [-0.39, 0.29) is 12.1 Å². The van der Waals surface area contributed by atoms with Crippen LogP contribution in [-0.4, -0.2) is 35.1 Å². The minimum atomic E-state index is -0.0723. The summed E-state index contributed by atoms with van der Waals surface area (Å²) in [5.41, 5.74) is 1.11. The lowest BCUT2D eigenvalue weighted by atomic mass is 10.0. The van der Waals surface area contributed by atoms with Gasteiger partial charge in [-0.05, 0) is 29.2 Å². The maximum Gasteiger partial charge on any atom is 0.317 e. The number of pyridine rings is 1. The molecule has 1 aromatic heterocycles. The van der Waals surface area contributed by atoms with Crippen molar-refractivity contribution in [1.29, 1.82) is 0 Å². The Morgan fingerprint density at radius 1 is 1.21 bits per heavy atom. The van der Waals surface area contributed by atoms with Crippen molar-refractivity contribution in [2.75, 3.05) is 13.1 Å². The molecule has 144 valence electrons. The van der Waals surface area contributed by atoms with Gasteiger partial charge >= 0.3 is 6.03 Å². The van der Waals surface area contributed by atoms with E-state index in [9.17, 15) is 4.79 Å². The first-order valence-corrected chi connectivity index (χ1v) is 9.84. The van der Waals surface area contributed by atoms with E-state index in [0.717, 1.165) is 30.3 Å². The zero-order valence-electron chi connectivity index (χ0n) is 15.5. The second-order valence-corrected chi connectivity index (χ2v) is 7.34. The Balaban J connectivity index is 1.37. The number of nitrogens with zero attached hydrogens (tertiary/aromatic N) is 2. The van der Waals surface area contributed by atoms with Crippen LogP contribution < -0.4 is 10.1 Å². The molecule has 2 heterocycles. The van der Waals surface area contributed by atoms with Crippen LogP contribution in [0.4, 0.5) is 4.79 Å². The molecule has 0 aliphatic carbocycles. The van der Waals surface area contributed by atoms with Crippen molar-refractivity contribution in [3.8, 4) is 5.75 Å². The highest BCUT2D eigenvalue weighted by molar-refractivity contribution is 6.31. The van der Waals surface area contributed by atoms with Crippen LogP contribution in [-0.2, 0) is 6.54 Å². The fourth-order valence-electron chi connectivity index (χ4n) is 3.59. The molecular formula is C22H22ClN3O2. The fourth-order valence-corrected chi connectivity index (χ4v) is 3.75. The molecule has 0 radical (unpaired) electrons. The third-order valence-corrected chi connectivity index (χ3v) is 5.29. The van der Waals surface area contributed by atoms with Gasteiger partial charge in [0.1, 0.15) is 16.9 Å². The molecule has 6 heteroatoms. The van der Waals surface area contributed by atoms with Gasteiger partial charge in [-0.25, -0.2) is 4.79 Å². The first kappa shape index (κ1) is 18.6. The van der Waals surface area contributed by atoms with Gasteiger partial charge < -0.3 is 15.0 Å². The van der Waals surface area contributed by atoms with E-state index in [1.54, 1.807) is 18.5 Å². The van der Waals surface area contributed by atoms with Crippen molar-refractivity contribution < 1.29 is 9.53 Å². The summed E-state index contributed by atoms with van der Waals surface area (Å²) in [5, 5.41) is 5.88. The van der Waals surface area contributed by atoms with Crippen molar-refractivity contribution in [1.82, 2.24) is 15.2 Å². The Morgan fingerprint density at radius 3 is 2.96 bits per heavy atom. The second kappa shape index (κ2) is 8.48. The van der Waals surface area contributed by atoms with Crippen molar-refractivity contribution in [2.24, 2.45) is 0 Å². The van der Waals surface area contributed by atoms with Crippen LogP contribution in [0.5, 0.6) is 5.75 Å². The van der Waals surface area contributed by atoms with E-state index in [1.807, 2.05) is 23.1 Å². The zero-order valence-corrected chi connectivity index (χ0v) is 16.2. The molecule has 3 aromatic rings. The SMILES string of the molecule is O=C(NCc1cccc2ccccc12)N1CCCC(Oc2ccncc2Cl)C1. The monoisotopic (exact) mass is 395 g/mol. The standard InChI is InChI=1S/C22H22ClN3O2/c23-20-14-24-11-10-21(20)28-18-8-4-12-26(15-18)22(27)25-13-17-7-3-6-16-5-1-2-9-19(16)17/h1-3,5-7,9-11,14,18H,4,8,12-13,15H2,(H,25,27). The number of carbonyl (C=O) groups is 1. The van der Waals surface area contributed by atoms with Gasteiger partial charge in [-0.2, -0.15) is 0 Å². The molecule has 0 saturated carbocycles. The topological polar surface area (TPSA) is 54.5 Å². The Kier molecular flexibility index (Phi) is 5.63. The van der Waals surface area contributed by atoms with Crippen LogP contribution in [0.2, 0.25) is 5.02 Å².